The summed E-state index contributed by atoms with van der Waals surface area (Å²) < 4.78 is 5.86. The first-order valence-electron chi connectivity index (χ1n) is 7.14. The van der Waals surface area contributed by atoms with E-state index >= 15 is 0 Å². The van der Waals surface area contributed by atoms with E-state index in [4.69, 9.17) is 4.74 Å². The zero-order valence-corrected chi connectivity index (χ0v) is 10.9. The highest BCUT2D eigenvalue weighted by Gasteiger charge is 2.36. The fourth-order valence-electron chi connectivity index (χ4n) is 3.49. The number of fused-ring (bicyclic) bond motifs is 4. The number of benzene rings is 1. The van der Waals surface area contributed by atoms with Crippen LogP contribution in [0.1, 0.15) is 27.9 Å². The molecule has 0 aliphatic carbocycles. The third kappa shape index (κ3) is 1.66. The van der Waals surface area contributed by atoms with Crippen LogP contribution in [0.2, 0.25) is 0 Å². The molecule has 4 nitrogen and oxygen atoms in total. The number of nitrogens with one attached hydrogen (secondary N) is 1. The first-order valence-corrected chi connectivity index (χ1v) is 7.14. The van der Waals surface area contributed by atoms with Gasteiger partial charge in [0.05, 0.1) is 6.61 Å². The summed E-state index contributed by atoms with van der Waals surface area (Å²) >= 11 is 0. The summed E-state index contributed by atoms with van der Waals surface area (Å²) in [6, 6.07) is 4.38. The van der Waals surface area contributed by atoms with Crippen molar-refractivity contribution in [3.8, 4) is 5.75 Å². The monoisotopic (exact) mass is 258 g/mol. The second-order valence-corrected chi connectivity index (χ2v) is 5.59. The first-order chi connectivity index (χ1) is 9.34. The third-order valence-electron chi connectivity index (χ3n) is 4.46. The van der Waals surface area contributed by atoms with Crippen molar-refractivity contribution in [1.82, 2.24) is 10.2 Å². The van der Waals surface area contributed by atoms with E-state index in [-0.39, 0.29) is 5.91 Å². The Labute approximate surface area is 112 Å². The second-order valence-electron chi connectivity index (χ2n) is 5.59. The van der Waals surface area contributed by atoms with E-state index in [0.29, 0.717) is 6.04 Å². The molecule has 4 rings (SSSR count). The minimum atomic E-state index is 0.185. The summed E-state index contributed by atoms with van der Waals surface area (Å²) in [5.41, 5.74) is 3.28. The number of carbonyl (C=O) groups excluding carboxylic acids is 1. The Morgan fingerprint density at radius 3 is 3.26 bits per heavy atom. The van der Waals surface area contributed by atoms with Crippen molar-refractivity contribution in [2.75, 3.05) is 26.2 Å². The van der Waals surface area contributed by atoms with Gasteiger partial charge in [0.1, 0.15) is 5.75 Å². The normalized spacial score (nSPS) is 25.2. The van der Waals surface area contributed by atoms with Gasteiger partial charge in [-0.2, -0.15) is 0 Å². The van der Waals surface area contributed by atoms with E-state index in [1.807, 2.05) is 11.0 Å². The number of piperazine rings is 1. The van der Waals surface area contributed by atoms with Gasteiger partial charge in [0, 0.05) is 36.8 Å². The Morgan fingerprint density at radius 1 is 1.37 bits per heavy atom. The summed E-state index contributed by atoms with van der Waals surface area (Å²) in [6.45, 7) is 3.40. The van der Waals surface area contributed by atoms with Crippen LogP contribution in [0.3, 0.4) is 0 Å². The Hall–Kier alpha value is -1.55. The number of ether oxygens (including phenoxy) is 1. The van der Waals surface area contributed by atoms with Crippen LogP contribution in [-0.2, 0) is 12.8 Å². The number of hydrogen-bond donors (Lipinski definition) is 1. The van der Waals surface area contributed by atoms with Crippen LogP contribution >= 0.6 is 0 Å². The topological polar surface area (TPSA) is 41.6 Å². The highest BCUT2D eigenvalue weighted by Crippen LogP contribution is 2.36. The lowest BCUT2D eigenvalue weighted by Gasteiger charge is -2.41. The molecule has 0 bridgehead atoms. The zero-order chi connectivity index (χ0) is 12.8. The van der Waals surface area contributed by atoms with E-state index in [1.165, 1.54) is 5.56 Å². The van der Waals surface area contributed by atoms with Gasteiger partial charge in [-0.3, -0.25) is 4.79 Å². The van der Waals surface area contributed by atoms with Crippen LogP contribution in [0.5, 0.6) is 5.75 Å². The Morgan fingerprint density at radius 2 is 2.32 bits per heavy atom. The quantitative estimate of drug-likeness (QED) is 0.754. The maximum atomic E-state index is 12.6. The molecule has 0 spiro atoms. The molecule has 4 heteroatoms. The van der Waals surface area contributed by atoms with Crippen molar-refractivity contribution >= 4 is 5.91 Å². The number of amides is 1. The number of rotatable bonds is 0. The lowest BCUT2D eigenvalue weighted by Crippen LogP contribution is -2.56. The molecular formula is C15H18N2O2. The lowest BCUT2D eigenvalue weighted by molar-refractivity contribution is 0.0603. The molecule has 19 heavy (non-hydrogen) atoms. The highest BCUT2D eigenvalue weighted by atomic mass is 16.5. The highest BCUT2D eigenvalue weighted by molar-refractivity contribution is 5.98. The Kier molecular flexibility index (Phi) is 2.52. The Balaban J connectivity index is 1.81. The van der Waals surface area contributed by atoms with E-state index in [2.05, 4.69) is 11.4 Å². The smallest absolute Gasteiger partial charge is 0.254 e. The van der Waals surface area contributed by atoms with Gasteiger partial charge in [0.2, 0.25) is 0 Å². The molecule has 1 atom stereocenters. The molecule has 1 aromatic carbocycles. The van der Waals surface area contributed by atoms with Crippen LogP contribution in [-0.4, -0.2) is 43.1 Å². The van der Waals surface area contributed by atoms with Gasteiger partial charge in [0.15, 0.2) is 0 Å². The maximum Gasteiger partial charge on any atom is 0.254 e. The molecule has 100 valence electrons. The van der Waals surface area contributed by atoms with Crippen molar-refractivity contribution in [1.29, 1.82) is 0 Å². The van der Waals surface area contributed by atoms with Gasteiger partial charge in [-0.05, 0) is 30.9 Å². The average Bonchev–Trinajstić information content (AvgIpc) is 2.47. The van der Waals surface area contributed by atoms with Gasteiger partial charge in [-0.1, -0.05) is 6.07 Å². The fourth-order valence-corrected chi connectivity index (χ4v) is 3.49. The molecule has 1 saturated heterocycles. The van der Waals surface area contributed by atoms with Gasteiger partial charge in [-0.25, -0.2) is 0 Å². The molecule has 0 aromatic heterocycles. The first kappa shape index (κ1) is 11.3. The lowest BCUT2D eigenvalue weighted by atomic mass is 9.88. The molecule has 3 aliphatic rings. The molecule has 0 unspecified atom stereocenters. The third-order valence-corrected chi connectivity index (χ3v) is 4.46. The van der Waals surface area contributed by atoms with Crippen molar-refractivity contribution in [3.05, 3.63) is 28.8 Å². The van der Waals surface area contributed by atoms with Gasteiger partial charge in [0.25, 0.3) is 5.91 Å². The van der Waals surface area contributed by atoms with Crippen LogP contribution in [0.25, 0.3) is 0 Å². The van der Waals surface area contributed by atoms with Crippen molar-refractivity contribution in [2.24, 2.45) is 0 Å². The predicted octanol–water partition coefficient (Wildman–Crippen LogP) is 0.982. The summed E-state index contributed by atoms with van der Waals surface area (Å²) in [5.74, 6) is 1.19. The maximum absolute atomic E-state index is 12.6. The molecule has 1 amide bonds. The molecule has 3 heterocycles. The van der Waals surface area contributed by atoms with Crippen LogP contribution in [0.15, 0.2) is 12.1 Å². The van der Waals surface area contributed by atoms with E-state index in [9.17, 15) is 4.79 Å². The largest absolute Gasteiger partial charge is 0.493 e. The standard InChI is InChI=1S/C15H18N2O2/c18-15-12-4-3-10-2-1-7-19-14(10)13(12)8-11-9-16-5-6-17(11)15/h3-4,11,16H,1-2,5-9H2/t11-/m1/s1. The number of hydrogen-bond acceptors (Lipinski definition) is 3. The molecule has 1 fully saturated rings. The minimum Gasteiger partial charge on any atom is -0.493 e. The second kappa shape index (κ2) is 4.23. The van der Waals surface area contributed by atoms with E-state index < -0.39 is 0 Å². The molecule has 1 aromatic rings. The van der Waals surface area contributed by atoms with E-state index in [0.717, 1.165) is 62.4 Å². The molecule has 0 radical (unpaired) electrons. The number of aryl methyl sites for hydroxylation is 1. The summed E-state index contributed by atoms with van der Waals surface area (Å²) in [4.78, 5) is 14.6. The summed E-state index contributed by atoms with van der Waals surface area (Å²) in [7, 11) is 0. The van der Waals surface area contributed by atoms with Crippen LogP contribution < -0.4 is 10.1 Å². The van der Waals surface area contributed by atoms with Gasteiger partial charge in [-0.15, -0.1) is 0 Å². The molecule has 0 saturated carbocycles. The van der Waals surface area contributed by atoms with Crippen molar-refractivity contribution in [2.45, 2.75) is 25.3 Å². The summed E-state index contributed by atoms with van der Waals surface area (Å²) in [5, 5.41) is 3.38. The summed E-state index contributed by atoms with van der Waals surface area (Å²) in [6.07, 6.45) is 3.08. The zero-order valence-electron chi connectivity index (χ0n) is 10.9. The fraction of sp³-hybridized carbons (Fsp3) is 0.533. The molecule has 3 aliphatic heterocycles. The van der Waals surface area contributed by atoms with Crippen molar-refractivity contribution in [3.63, 3.8) is 0 Å². The van der Waals surface area contributed by atoms with E-state index in [1.54, 1.807) is 0 Å². The predicted molar refractivity (Wildman–Crippen MR) is 71.7 cm³/mol. The van der Waals surface area contributed by atoms with Gasteiger partial charge >= 0.3 is 0 Å². The molecular weight excluding hydrogens is 240 g/mol. The number of carbonyl (C=O) groups is 1. The number of nitrogens with zero attached hydrogens (tertiary/aromatic N) is 1. The molecule has 1 N–H and O–H groups in total. The van der Waals surface area contributed by atoms with Crippen LogP contribution in [0, 0.1) is 0 Å². The van der Waals surface area contributed by atoms with Crippen molar-refractivity contribution < 1.29 is 9.53 Å². The minimum absolute atomic E-state index is 0.185. The van der Waals surface area contributed by atoms with Crippen LogP contribution in [0.4, 0.5) is 0 Å². The Bertz CT molecular complexity index is 541. The SMILES string of the molecule is O=C1c2ccc3c(c2C[C@@H]2CNCCN12)OCCC3. The van der Waals surface area contributed by atoms with Gasteiger partial charge < -0.3 is 15.0 Å². The average molecular weight is 258 g/mol.